The van der Waals surface area contributed by atoms with Gasteiger partial charge < -0.3 is 9.53 Å². The van der Waals surface area contributed by atoms with Crippen LogP contribution in [0.3, 0.4) is 0 Å². The van der Waals surface area contributed by atoms with Gasteiger partial charge in [0.25, 0.3) is 0 Å². The number of hydrogen-bond donors (Lipinski definition) is 0. The van der Waals surface area contributed by atoms with E-state index >= 15 is 0 Å². The third-order valence-electron chi connectivity index (χ3n) is 2.56. The molecule has 1 amide bonds. The molecule has 5 heteroatoms. The Morgan fingerprint density at radius 2 is 2.11 bits per heavy atom. The summed E-state index contributed by atoms with van der Waals surface area (Å²) in [6.45, 7) is 7.18. The standard InChI is InChI=1S/C14H20N2O3/c1-10-7-6-8-15-12(10)11(9-17)16(5)13(18)19-14(2,3)4/h6-9,11H,1-5H3. The smallest absolute Gasteiger partial charge is 0.410 e. The number of carbonyl (C=O) groups excluding carboxylic acids is 2. The Balaban J connectivity index is 2.95. The Hall–Kier alpha value is -1.91. The first-order valence-corrected chi connectivity index (χ1v) is 6.09. The van der Waals surface area contributed by atoms with E-state index in [-0.39, 0.29) is 0 Å². The number of aromatic nitrogens is 1. The molecule has 1 unspecified atom stereocenters. The highest BCUT2D eigenvalue weighted by Gasteiger charge is 2.27. The SMILES string of the molecule is Cc1cccnc1C(C=O)N(C)C(=O)OC(C)(C)C. The molecule has 0 spiro atoms. The zero-order valence-corrected chi connectivity index (χ0v) is 12.0. The second-order valence-corrected chi connectivity index (χ2v) is 5.38. The number of hydrogen-bond acceptors (Lipinski definition) is 4. The number of likely N-dealkylation sites (N-methyl/N-ethyl adjacent to an activating group) is 1. The number of ether oxygens (including phenoxy) is 1. The van der Waals surface area contributed by atoms with Crippen LogP contribution in [0, 0.1) is 6.92 Å². The first kappa shape index (κ1) is 15.1. The van der Waals surface area contributed by atoms with E-state index in [4.69, 9.17) is 4.74 Å². The van der Waals surface area contributed by atoms with E-state index in [1.807, 2.05) is 13.0 Å². The van der Waals surface area contributed by atoms with Crippen LogP contribution in [0.4, 0.5) is 4.79 Å². The third-order valence-corrected chi connectivity index (χ3v) is 2.56. The maximum atomic E-state index is 12.0. The highest BCUT2D eigenvalue weighted by atomic mass is 16.6. The van der Waals surface area contributed by atoms with Crippen LogP contribution < -0.4 is 0 Å². The van der Waals surface area contributed by atoms with Crippen LogP contribution in [-0.4, -0.2) is 34.9 Å². The van der Waals surface area contributed by atoms with E-state index < -0.39 is 17.7 Å². The minimum absolute atomic E-state index is 0.547. The van der Waals surface area contributed by atoms with E-state index in [9.17, 15) is 9.59 Å². The molecule has 1 heterocycles. The molecule has 0 radical (unpaired) electrons. The van der Waals surface area contributed by atoms with Crippen molar-refractivity contribution in [3.8, 4) is 0 Å². The van der Waals surface area contributed by atoms with Crippen LogP contribution in [0.15, 0.2) is 18.3 Å². The second-order valence-electron chi connectivity index (χ2n) is 5.38. The molecule has 1 aromatic rings. The summed E-state index contributed by atoms with van der Waals surface area (Å²) in [5.74, 6) is 0. The van der Waals surface area contributed by atoms with Gasteiger partial charge in [0.15, 0.2) is 0 Å². The third kappa shape index (κ3) is 4.05. The molecular weight excluding hydrogens is 244 g/mol. The van der Waals surface area contributed by atoms with Crippen molar-refractivity contribution in [2.75, 3.05) is 7.05 Å². The molecule has 0 aliphatic rings. The van der Waals surface area contributed by atoms with Gasteiger partial charge >= 0.3 is 6.09 Å². The molecule has 0 saturated heterocycles. The summed E-state index contributed by atoms with van der Waals surface area (Å²) in [6.07, 6.45) is 1.75. The Morgan fingerprint density at radius 1 is 1.47 bits per heavy atom. The Kier molecular flexibility index (Phi) is 4.64. The van der Waals surface area contributed by atoms with E-state index in [0.29, 0.717) is 12.0 Å². The number of rotatable bonds is 3. The number of carbonyl (C=O) groups is 2. The van der Waals surface area contributed by atoms with Gasteiger partial charge in [-0.1, -0.05) is 6.07 Å². The van der Waals surface area contributed by atoms with Gasteiger partial charge in [0.2, 0.25) is 0 Å². The van der Waals surface area contributed by atoms with Gasteiger partial charge in [0, 0.05) is 13.2 Å². The maximum Gasteiger partial charge on any atom is 0.410 e. The average molecular weight is 264 g/mol. The van der Waals surface area contributed by atoms with Crippen molar-refractivity contribution in [1.82, 2.24) is 9.88 Å². The Bertz CT molecular complexity index is 466. The first-order valence-electron chi connectivity index (χ1n) is 6.09. The van der Waals surface area contributed by atoms with Crippen LogP contribution in [0.25, 0.3) is 0 Å². The minimum Gasteiger partial charge on any atom is -0.444 e. The van der Waals surface area contributed by atoms with Crippen LogP contribution in [-0.2, 0) is 9.53 Å². The van der Waals surface area contributed by atoms with Crippen molar-refractivity contribution in [3.63, 3.8) is 0 Å². The summed E-state index contributed by atoms with van der Waals surface area (Å²) in [5.41, 5.74) is 0.818. The molecule has 1 rings (SSSR count). The molecule has 19 heavy (non-hydrogen) atoms. The van der Waals surface area contributed by atoms with Gasteiger partial charge in [-0.25, -0.2) is 4.79 Å². The van der Waals surface area contributed by atoms with Gasteiger partial charge in [0.05, 0.1) is 5.69 Å². The van der Waals surface area contributed by atoms with Crippen molar-refractivity contribution >= 4 is 12.4 Å². The zero-order valence-electron chi connectivity index (χ0n) is 12.0. The lowest BCUT2D eigenvalue weighted by Gasteiger charge is -2.28. The average Bonchev–Trinajstić information content (AvgIpc) is 2.30. The lowest BCUT2D eigenvalue weighted by molar-refractivity contribution is -0.112. The molecule has 0 aliphatic heterocycles. The van der Waals surface area contributed by atoms with Crippen molar-refractivity contribution in [3.05, 3.63) is 29.6 Å². The fraction of sp³-hybridized carbons (Fsp3) is 0.500. The number of aldehydes is 1. The molecule has 1 atom stereocenters. The lowest BCUT2D eigenvalue weighted by atomic mass is 10.1. The molecule has 0 aromatic carbocycles. The molecule has 0 saturated carbocycles. The Morgan fingerprint density at radius 3 is 2.58 bits per heavy atom. The van der Waals surface area contributed by atoms with Gasteiger partial charge in [0.1, 0.15) is 17.9 Å². The van der Waals surface area contributed by atoms with Gasteiger partial charge in [-0.15, -0.1) is 0 Å². The zero-order chi connectivity index (χ0) is 14.6. The van der Waals surface area contributed by atoms with Gasteiger partial charge in [-0.2, -0.15) is 0 Å². The van der Waals surface area contributed by atoms with Crippen molar-refractivity contribution in [2.24, 2.45) is 0 Å². The first-order chi connectivity index (χ1) is 8.76. The van der Waals surface area contributed by atoms with Crippen molar-refractivity contribution < 1.29 is 14.3 Å². The van der Waals surface area contributed by atoms with Crippen LogP contribution >= 0.6 is 0 Å². The quantitative estimate of drug-likeness (QED) is 0.787. The monoisotopic (exact) mass is 264 g/mol. The van der Waals surface area contributed by atoms with Gasteiger partial charge in [-0.3, -0.25) is 9.88 Å². The van der Waals surface area contributed by atoms with E-state index in [0.717, 1.165) is 5.56 Å². The number of nitrogens with zero attached hydrogens (tertiary/aromatic N) is 2. The predicted molar refractivity (Wildman–Crippen MR) is 71.8 cm³/mol. The summed E-state index contributed by atoms with van der Waals surface area (Å²) < 4.78 is 5.24. The number of aryl methyl sites for hydroxylation is 1. The molecule has 0 N–H and O–H groups in total. The topological polar surface area (TPSA) is 59.5 Å². The summed E-state index contributed by atoms with van der Waals surface area (Å²) in [4.78, 5) is 28.7. The molecule has 0 aliphatic carbocycles. The molecule has 0 fully saturated rings. The second kappa shape index (κ2) is 5.82. The summed E-state index contributed by atoms with van der Waals surface area (Å²) in [5, 5.41) is 0. The van der Waals surface area contributed by atoms with Crippen LogP contribution in [0.2, 0.25) is 0 Å². The van der Waals surface area contributed by atoms with E-state index in [1.54, 1.807) is 33.0 Å². The minimum atomic E-state index is -0.740. The highest BCUT2D eigenvalue weighted by Crippen LogP contribution is 2.20. The fourth-order valence-corrected chi connectivity index (χ4v) is 1.59. The molecule has 1 aromatic heterocycles. The maximum absolute atomic E-state index is 12.0. The van der Waals surface area contributed by atoms with Crippen LogP contribution in [0.1, 0.15) is 38.1 Å². The van der Waals surface area contributed by atoms with Crippen molar-refractivity contribution in [1.29, 1.82) is 0 Å². The predicted octanol–water partition coefficient (Wildman–Crippen LogP) is 2.50. The molecule has 104 valence electrons. The molecular formula is C14H20N2O3. The normalized spacial score (nSPS) is 12.7. The lowest BCUT2D eigenvalue weighted by Crippen LogP contribution is -2.37. The largest absolute Gasteiger partial charge is 0.444 e. The van der Waals surface area contributed by atoms with Crippen LogP contribution in [0.5, 0.6) is 0 Å². The fourth-order valence-electron chi connectivity index (χ4n) is 1.59. The number of amides is 1. The molecule has 5 nitrogen and oxygen atoms in total. The van der Waals surface area contributed by atoms with E-state index in [2.05, 4.69) is 4.98 Å². The summed E-state index contributed by atoms with van der Waals surface area (Å²) in [6, 6.07) is 2.90. The van der Waals surface area contributed by atoms with Gasteiger partial charge in [-0.05, 0) is 39.3 Å². The highest BCUT2D eigenvalue weighted by molar-refractivity contribution is 5.74. The van der Waals surface area contributed by atoms with E-state index in [1.165, 1.54) is 11.9 Å². The summed E-state index contributed by atoms with van der Waals surface area (Å²) in [7, 11) is 1.53. The Labute approximate surface area is 113 Å². The molecule has 0 bridgehead atoms. The summed E-state index contributed by atoms with van der Waals surface area (Å²) >= 11 is 0. The van der Waals surface area contributed by atoms with Crippen molar-refractivity contribution in [2.45, 2.75) is 39.3 Å². The number of pyridine rings is 1.